The van der Waals surface area contributed by atoms with E-state index in [2.05, 4.69) is 83.0 Å². The van der Waals surface area contributed by atoms with Gasteiger partial charge < -0.3 is 5.11 Å². The van der Waals surface area contributed by atoms with Crippen LogP contribution in [0.3, 0.4) is 0 Å². The quantitative estimate of drug-likeness (QED) is 0.554. The molecule has 2 aromatic rings. The molecule has 0 heterocycles. The van der Waals surface area contributed by atoms with E-state index in [-0.39, 0.29) is 6.61 Å². The minimum atomic E-state index is 0.107. The largest absolute Gasteiger partial charge is 0.392 e. The average molecular weight is 435 g/mol. The van der Waals surface area contributed by atoms with Crippen LogP contribution in [0.2, 0.25) is 0 Å². The van der Waals surface area contributed by atoms with Gasteiger partial charge in [0, 0.05) is 16.7 Å². The predicted molar refractivity (Wildman–Crippen MR) is 111 cm³/mol. The average Bonchev–Trinajstić information content (AvgIpc) is 2.61. The topological polar surface area (TPSA) is 23.5 Å². The molecule has 0 aliphatic carbocycles. The van der Waals surface area contributed by atoms with Crippen molar-refractivity contribution in [1.82, 2.24) is 4.90 Å². The first kappa shape index (κ1) is 19.2. The Labute approximate surface area is 159 Å². The summed E-state index contributed by atoms with van der Waals surface area (Å²) in [5.74, 6) is 0. The van der Waals surface area contributed by atoms with E-state index in [9.17, 15) is 5.11 Å². The van der Waals surface area contributed by atoms with Crippen LogP contribution >= 0.6 is 22.6 Å². The van der Waals surface area contributed by atoms with Crippen molar-refractivity contribution in [2.24, 2.45) is 0 Å². The number of aliphatic hydroxyl groups is 1. The Balaban J connectivity index is 2.01. The van der Waals surface area contributed by atoms with Crippen molar-refractivity contribution in [2.75, 3.05) is 13.1 Å². The lowest BCUT2D eigenvalue weighted by molar-refractivity contribution is 0.280. The second-order valence-corrected chi connectivity index (χ2v) is 7.15. The van der Waals surface area contributed by atoms with E-state index in [4.69, 9.17) is 0 Å². The van der Waals surface area contributed by atoms with E-state index in [1.165, 1.54) is 27.5 Å². The van der Waals surface area contributed by atoms with Gasteiger partial charge in [-0.2, -0.15) is 0 Å². The highest BCUT2D eigenvalue weighted by molar-refractivity contribution is 14.1. The molecule has 2 rings (SSSR count). The fourth-order valence-electron chi connectivity index (χ4n) is 2.58. The molecule has 0 aliphatic rings. The van der Waals surface area contributed by atoms with Gasteiger partial charge in [0.25, 0.3) is 0 Å². The number of hydrogen-bond donors (Lipinski definition) is 1. The van der Waals surface area contributed by atoms with Gasteiger partial charge >= 0.3 is 0 Å². The highest BCUT2D eigenvalue weighted by Gasteiger charge is 2.07. The monoisotopic (exact) mass is 435 g/mol. The van der Waals surface area contributed by atoms with Gasteiger partial charge in [0.15, 0.2) is 0 Å². The molecule has 0 aliphatic heterocycles. The molecular formula is C21H26INO. The normalized spacial score (nSPS) is 11.5. The second kappa shape index (κ2) is 10.6. The first-order valence-corrected chi connectivity index (χ1v) is 9.63. The number of aliphatic hydroxyl groups excluding tert-OH is 1. The molecule has 0 atom stereocenters. The van der Waals surface area contributed by atoms with Crippen molar-refractivity contribution in [1.29, 1.82) is 0 Å². The van der Waals surface area contributed by atoms with Crippen LogP contribution in [0, 0.1) is 3.57 Å². The molecule has 24 heavy (non-hydrogen) atoms. The molecule has 0 spiro atoms. The molecule has 0 bridgehead atoms. The third-order valence-electron chi connectivity index (χ3n) is 4.00. The number of rotatable bonds is 9. The summed E-state index contributed by atoms with van der Waals surface area (Å²) >= 11 is 2.37. The summed E-state index contributed by atoms with van der Waals surface area (Å²) in [6.45, 7) is 5.34. The molecule has 0 fully saturated rings. The summed E-state index contributed by atoms with van der Waals surface area (Å²) in [5, 5.41) is 9.25. The lowest BCUT2D eigenvalue weighted by Gasteiger charge is -2.21. The van der Waals surface area contributed by atoms with Gasteiger partial charge in [-0.05, 0) is 58.3 Å². The summed E-state index contributed by atoms with van der Waals surface area (Å²) in [6, 6.07) is 16.7. The fraction of sp³-hybridized carbons (Fsp3) is 0.333. The van der Waals surface area contributed by atoms with E-state index in [1.807, 2.05) is 12.1 Å². The maximum Gasteiger partial charge on any atom is 0.0682 e. The molecule has 128 valence electrons. The first-order chi connectivity index (χ1) is 11.7. The number of hydrogen-bond acceptors (Lipinski definition) is 2. The van der Waals surface area contributed by atoms with Gasteiger partial charge in [0.1, 0.15) is 0 Å². The molecule has 3 heteroatoms. The minimum absolute atomic E-state index is 0.107. The predicted octanol–water partition coefficient (Wildman–Crippen LogP) is 5.10. The molecule has 0 aromatic heterocycles. The molecule has 0 amide bonds. The van der Waals surface area contributed by atoms with Crippen LogP contribution < -0.4 is 0 Å². The zero-order valence-corrected chi connectivity index (χ0v) is 16.4. The fourth-order valence-corrected chi connectivity index (χ4v) is 3.33. The van der Waals surface area contributed by atoms with Gasteiger partial charge in [0.05, 0.1) is 6.61 Å². The van der Waals surface area contributed by atoms with E-state index < -0.39 is 0 Å². The van der Waals surface area contributed by atoms with Crippen LogP contribution in [0.25, 0.3) is 6.08 Å². The molecule has 2 nitrogen and oxygen atoms in total. The van der Waals surface area contributed by atoms with Gasteiger partial charge in [-0.3, -0.25) is 4.90 Å². The summed E-state index contributed by atoms with van der Waals surface area (Å²) in [6.07, 6.45) is 6.86. The van der Waals surface area contributed by atoms with Crippen molar-refractivity contribution in [3.05, 3.63) is 74.9 Å². The Kier molecular flexibility index (Phi) is 8.50. The van der Waals surface area contributed by atoms with E-state index in [0.717, 1.165) is 25.2 Å². The Hall–Kier alpha value is -1.17. The third-order valence-corrected chi connectivity index (χ3v) is 5.00. The van der Waals surface area contributed by atoms with Gasteiger partial charge in [-0.15, -0.1) is 0 Å². The van der Waals surface area contributed by atoms with Gasteiger partial charge in [0.2, 0.25) is 0 Å². The van der Waals surface area contributed by atoms with Crippen molar-refractivity contribution in [2.45, 2.75) is 32.9 Å². The summed E-state index contributed by atoms with van der Waals surface area (Å²) in [4.78, 5) is 2.49. The van der Waals surface area contributed by atoms with Crippen molar-refractivity contribution in [3.63, 3.8) is 0 Å². The van der Waals surface area contributed by atoms with Crippen molar-refractivity contribution in [3.8, 4) is 0 Å². The van der Waals surface area contributed by atoms with Crippen LogP contribution in [0.4, 0.5) is 0 Å². The Morgan fingerprint density at radius 1 is 1.12 bits per heavy atom. The smallest absolute Gasteiger partial charge is 0.0682 e. The maximum absolute atomic E-state index is 9.25. The number of halogens is 1. The molecule has 0 saturated heterocycles. The van der Waals surface area contributed by atoms with Crippen LogP contribution in [-0.2, 0) is 13.2 Å². The number of unbranched alkanes of at least 4 members (excludes halogenated alkanes) is 1. The highest BCUT2D eigenvalue weighted by Crippen LogP contribution is 2.17. The van der Waals surface area contributed by atoms with Gasteiger partial charge in [-0.1, -0.05) is 68.0 Å². The van der Waals surface area contributed by atoms with Crippen LogP contribution in [0.15, 0.2) is 54.6 Å². The van der Waals surface area contributed by atoms with Crippen molar-refractivity contribution >= 4 is 28.7 Å². The maximum atomic E-state index is 9.25. The Morgan fingerprint density at radius 2 is 1.92 bits per heavy atom. The van der Waals surface area contributed by atoms with Crippen LogP contribution in [0.1, 0.15) is 36.5 Å². The lowest BCUT2D eigenvalue weighted by atomic mass is 10.1. The summed E-state index contributed by atoms with van der Waals surface area (Å²) < 4.78 is 1.23. The zero-order chi connectivity index (χ0) is 17.2. The van der Waals surface area contributed by atoms with E-state index in [1.54, 1.807) is 0 Å². The van der Waals surface area contributed by atoms with Gasteiger partial charge in [-0.25, -0.2) is 0 Å². The van der Waals surface area contributed by atoms with Crippen LogP contribution in [0.5, 0.6) is 0 Å². The standard InChI is InChI=1S/C21H26INO/c1-2-3-13-23(14-7-10-18-8-5-4-6-9-18)16-20-12-11-19(17-24)15-21(20)22/h4-12,15,24H,2-3,13-14,16-17H2,1H3/b10-7+. The Bertz CT molecular complexity index is 640. The molecular weight excluding hydrogens is 409 g/mol. The second-order valence-electron chi connectivity index (χ2n) is 5.99. The summed E-state index contributed by atoms with van der Waals surface area (Å²) in [7, 11) is 0. The minimum Gasteiger partial charge on any atom is -0.392 e. The van der Waals surface area contributed by atoms with Crippen molar-refractivity contribution < 1.29 is 5.11 Å². The van der Waals surface area contributed by atoms with Crippen LogP contribution in [-0.4, -0.2) is 23.1 Å². The molecule has 2 aromatic carbocycles. The zero-order valence-electron chi connectivity index (χ0n) is 14.3. The first-order valence-electron chi connectivity index (χ1n) is 8.55. The number of benzene rings is 2. The Morgan fingerprint density at radius 3 is 2.58 bits per heavy atom. The SMILES string of the molecule is CCCCN(C/C=C/c1ccccc1)Cc1ccc(CO)cc1I. The van der Waals surface area contributed by atoms with E-state index >= 15 is 0 Å². The molecule has 0 radical (unpaired) electrons. The third kappa shape index (κ3) is 6.38. The number of nitrogens with zero attached hydrogens (tertiary/aromatic N) is 1. The molecule has 1 N–H and O–H groups in total. The lowest BCUT2D eigenvalue weighted by Crippen LogP contribution is -2.25. The molecule has 0 unspecified atom stereocenters. The highest BCUT2D eigenvalue weighted by atomic mass is 127. The molecule has 0 saturated carbocycles. The summed E-state index contributed by atoms with van der Waals surface area (Å²) in [5.41, 5.74) is 3.55. The van der Waals surface area contributed by atoms with E-state index in [0.29, 0.717) is 0 Å².